The van der Waals surface area contributed by atoms with E-state index in [-0.39, 0.29) is 5.92 Å². The Morgan fingerprint density at radius 2 is 2.33 bits per heavy atom. The molecule has 0 N–H and O–H groups in total. The molecule has 0 saturated heterocycles. The van der Waals surface area contributed by atoms with E-state index in [1.807, 2.05) is 19.2 Å². The van der Waals surface area contributed by atoms with E-state index in [0.717, 1.165) is 19.3 Å². The summed E-state index contributed by atoms with van der Waals surface area (Å²) in [6.07, 6.45) is 9.80. The van der Waals surface area contributed by atoms with Crippen LogP contribution in [-0.4, -0.2) is 10.8 Å². The molecule has 18 heavy (non-hydrogen) atoms. The maximum Gasteiger partial charge on any atom is 0.135 e. The number of rotatable bonds is 5. The van der Waals surface area contributed by atoms with Crippen LogP contribution in [0.2, 0.25) is 0 Å². The molecule has 2 unspecified atom stereocenters. The summed E-state index contributed by atoms with van der Waals surface area (Å²) in [6, 6.07) is 4.07. The summed E-state index contributed by atoms with van der Waals surface area (Å²) in [5, 5.41) is 0. The van der Waals surface area contributed by atoms with Crippen molar-refractivity contribution in [1.29, 1.82) is 0 Å². The summed E-state index contributed by atoms with van der Waals surface area (Å²) in [7, 11) is 0. The van der Waals surface area contributed by atoms with E-state index in [9.17, 15) is 4.79 Å². The Kier molecular flexibility index (Phi) is 4.29. The maximum atomic E-state index is 11.8. The van der Waals surface area contributed by atoms with E-state index in [0.29, 0.717) is 18.1 Å². The van der Waals surface area contributed by atoms with Crippen molar-refractivity contribution in [2.24, 2.45) is 11.8 Å². The van der Waals surface area contributed by atoms with Gasteiger partial charge in [-0.3, -0.25) is 9.78 Å². The number of carbonyl (C=O) groups excluding carboxylic acids is 1. The Bertz CT molecular complexity index is 450. The minimum Gasteiger partial charge on any atom is -0.299 e. The van der Waals surface area contributed by atoms with E-state index in [2.05, 4.69) is 30.1 Å². The molecule has 0 aliphatic heterocycles. The summed E-state index contributed by atoms with van der Waals surface area (Å²) in [5.74, 6) is 1.08. The van der Waals surface area contributed by atoms with Crippen LogP contribution in [0.15, 0.2) is 24.4 Å². The number of aromatic nitrogens is 1. The van der Waals surface area contributed by atoms with Gasteiger partial charge in [-0.2, -0.15) is 0 Å². The van der Waals surface area contributed by atoms with Gasteiger partial charge in [0.25, 0.3) is 0 Å². The Morgan fingerprint density at radius 3 is 3.06 bits per heavy atom. The first-order valence-corrected chi connectivity index (χ1v) is 6.89. The lowest BCUT2D eigenvalue weighted by molar-refractivity contribution is -0.123. The number of pyridine rings is 1. The van der Waals surface area contributed by atoms with E-state index in [4.69, 9.17) is 0 Å². The van der Waals surface area contributed by atoms with Crippen molar-refractivity contribution in [1.82, 2.24) is 4.98 Å². The average Bonchev–Trinajstić information content (AvgIpc) is 2.43. The lowest BCUT2D eigenvalue weighted by Crippen LogP contribution is -2.19. The first-order valence-electron chi connectivity index (χ1n) is 6.89. The Labute approximate surface area is 109 Å². The van der Waals surface area contributed by atoms with Gasteiger partial charge in [-0.25, -0.2) is 0 Å². The van der Waals surface area contributed by atoms with Crippen LogP contribution in [0.25, 0.3) is 6.08 Å². The Balaban J connectivity index is 2.03. The van der Waals surface area contributed by atoms with Gasteiger partial charge in [0.15, 0.2) is 0 Å². The van der Waals surface area contributed by atoms with Crippen molar-refractivity contribution >= 4 is 11.9 Å². The van der Waals surface area contributed by atoms with Gasteiger partial charge >= 0.3 is 0 Å². The monoisotopic (exact) mass is 243 g/mol. The molecule has 2 heteroatoms. The molecule has 1 aromatic heterocycles. The molecule has 0 spiro atoms. The number of fused-ring (bicyclic) bond motifs is 1. The van der Waals surface area contributed by atoms with Crippen LogP contribution in [0.5, 0.6) is 0 Å². The van der Waals surface area contributed by atoms with Crippen LogP contribution in [0, 0.1) is 11.8 Å². The molecule has 1 heterocycles. The number of nitrogens with zero attached hydrogens (tertiary/aromatic N) is 1. The minimum atomic E-state index is 0.218. The highest BCUT2D eigenvalue weighted by atomic mass is 16.1. The fourth-order valence-electron chi connectivity index (χ4n) is 2.67. The van der Waals surface area contributed by atoms with Crippen LogP contribution in [0.1, 0.15) is 44.4 Å². The first-order chi connectivity index (χ1) is 8.74. The molecule has 2 atom stereocenters. The quantitative estimate of drug-likeness (QED) is 0.790. The fraction of sp³-hybridized carbons (Fsp3) is 0.500. The van der Waals surface area contributed by atoms with Crippen molar-refractivity contribution < 1.29 is 4.79 Å². The van der Waals surface area contributed by atoms with Crippen molar-refractivity contribution in [3.63, 3.8) is 0 Å². The lowest BCUT2D eigenvalue weighted by atomic mass is 9.83. The zero-order valence-corrected chi connectivity index (χ0v) is 11.2. The summed E-state index contributed by atoms with van der Waals surface area (Å²) < 4.78 is 0. The minimum absolute atomic E-state index is 0.218. The highest BCUT2D eigenvalue weighted by molar-refractivity contribution is 5.80. The molecule has 1 aromatic rings. The average molecular weight is 243 g/mol. The molecule has 2 nitrogen and oxygen atoms in total. The summed E-state index contributed by atoms with van der Waals surface area (Å²) in [5.41, 5.74) is 2.40. The highest BCUT2D eigenvalue weighted by Gasteiger charge is 2.21. The molecule has 0 amide bonds. The molecular formula is C16H21NO. The van der Waals surface area contributed by atoms with E-state index in [1.54, 1.807) is 0 Å². The normalized spacial score (nSPS) is 19.3. The number of Topliss-reactive ketones (excluding diaryl/α,β-unsaturated/α-hetero) is 1. The van der Waals surface area contributed by atoms with E-state index >= 15 is 0 Å². The van der Waals surface area contributed by atoms with Crippen LogP contribution in [0.4, 0.5) is 0 Å². The van der Waals surface area contributed by atoms with Gasteiger partial charge < -0.3 is 0 Å². The second-order valence-electron chi connectivity index (χ2n) is 5.02. The van der Waals surface area contributed by atoms with Gasteiger partial charge in [-0.05, 0) is 36.8 Å². The molecule has 0 aromatic carbocycles. The summed E-state index contributed by atoms with van der Waals surface area (Å²) in [4.78, 5) is 16.3. The van der Waals surface area contributed by atoms with Crippen LogP contribution in [-0.2, 0) is 11.2 Å². The molecule has 0 radical (unpaired) electrons. The molecular weight excluding hydrogens is 222 g/mol. The van der Waals surface area contributed by atoms with Gasteiger partial charge in [0.1, 0.15) is 5.78 Å². The van der Waals surface area contributed by atoms with Crippen LogP contribution >= 0.6 is 0 Å². The third-order valence-corrected chi connectivity index (χ3v) is 3.81. The lowest BCUT2D eigenvalue weighted by Gasteiger charge is -2.22. The van der Waals surface area contributed by atoms with Crippen LogP contribution in [0.3, 0.4) is 0 Å². The molecule has 1 aliphatic carbocycles. The molecule has 0 saturated carbocycles. The molecule has 0 fully saturated rings. The number of hydrogen-bond acceptors (Lipinski definition) is 2. The standard InChI is InChI=1S/C16H21NO/c1-3-13(16(18)4-2)10-12-7-8-14-6-5-9-17-15(14)11-12/h5-9,12-13H,3-4,10-11H2,1-2H3. The number of allylic oxidation sites excluding steroid dienone is 1. The predicted molar refractivity (Wildman–Crippen MR) is 74.2 cm³/mol. The zero-order valence-electron chi connectivity index (χ0n) is 11.2. The van der Waals surface area contributed by atoms with Gasteiger partial charge in [0, 0.05) is 24.2 Å². The number of hydrogen-bond donors (Lipinski definition) is 0. The zero-order chi connectivity index (χ0) is 13.0. The van der Waals surface area contributed by atoms with Crippen molar-refractivity contribution in [2.45, 2.75) is 39.5 Å². The SMILES string of the molecule is CCC(=O)C(CC)CC1C=Cc2cccnc2C1. The largest absolute Gasteiger partial charge is 0.299 e. The predicted octanol–water partition coefficient (Wildman–Crippen LogP) is 3.66. The van der Waals surface area contributed by atoms with Crippen LogP contribution < -0.4 is 0 Å². The topological polar surface area (TPSA) is 30.0 Å². The summed E-state index contributed by atoms with van der Waals surface area (Å²) in [6.45, 7) is 4.07. The van der Waals surface area contributed by atoms with Crippen molar-refractivity contribution in [3.8, 4) is 0 Å². The Hall–Kier alpha value is -1.44. The molecule has 96 valence electrons. The van der Waals surface area contributed by atoms with E-state index < -0.39 is 0 Å². The second kappa shape index (κ2) is 5.94. The number of carbonyl (C=O) groups is 1. The highest BCUT2D eigenvalue weighted by Crippen LogP contribution is 2.27. The smallest absolute Gasteiger partial charge is 0.135 e. The third kappa shape index (κ3) is 2.87. The van der Waals surface area contributed by atoms with Crippen molar-refractivity contribution in [3.05, 3.63) is 35.7 Å². The maximum absolute atomic E-state index is 11.8. The molecule has 1 aliphatic rings. The van der Waals surface area contributed by atoms with Gasteiger partial charge in [-0.1, -0.05) is 32.1 Å². The second-order valence-corrected chi connectivity index (χ2v) is 5.02. The molecule has 2 rings (SSSR count). The fourth-order valence-corrected chi connectivity index (χ4v) is 2.67. The van der Waals surface area contributed by atoms with E-state index in [1.165, 1.54) is 11.3 Å². The summed E-state index contributed by atoms with van der Waals surface area (Å²) >= 11 is 0. The third-order valence-electron chi connectivity index (χ3n) is 3.81. The van der Waals surface area contributed by atoms with Gasteiger partial charge in [0.05, 0.1) is 0 Å². The van der Waals surface area contributed by atoms with Gasteiger partial charge in [0.2, 0.25) is 0 Å². The van der Waals surface area contributed by atoms with Crippen molar-refractivity contribution in [2.75, 3.05) is 0 Å². The Morgan fingerprint density at radius 1 is 1.50 bits per heavy atom. The number of ketones is 1. The molecule has 0 bridgehead atoms. The first kappa shape index (κ1) is 13.0. The van der Waals surface area contributed by atoms with Gasteiger partial charge in [-0.15, -0.1) is 0 Å².